The van der Waals surface area contributed by atoms with Gasteiger partial charge in [-0.3, -0.25) is 0 Å². The third-order valence-electron chi connectivity index (χ3n) is 3.74. The van der Waals surface area contributed by atoms with Crippen molar-refractivity contribution < 1.29 is 4.57 Å². The number of benzene rings is 2. The summed E-state index contributed by atoms with van der Waals surface area (Å²) < 4.78 is 2.11. The molecule has 0 aliphatic heterocycles. The van der Waals surface area contributed by atoms with E-state index in [-0.39, 0.29) is 0 Å². The van der Waals surface area contributed by atoms with E-state index < -0.39 is 0 Å². The van der Waals surface area contributed by atoms with Gasteiger partial charge in [-0.2, -0.15) is 4.57 Å². The van der Waals surface area contributed by atoms with Crippen LogP contribution in [0.2, 0.25) is 0 Å². The summed E-state index contributed by atoms with van der Waals surface area (Å²) in [5, 5.41) is 0. The Labute approximate surface area is 136 Å². The van der Waals surface area contributed by atoms with Gasteiger partial charge in [0, 0.05) is 17.5 Å². The molecule has 3 aromatic rings. The number of thiocarbonyl (C=S) groups is 1. The molecule has 2 aromatic carbocycles. The van der Waals surface area contributed by atoms with Crippen molar-refractivity contribution in [1.29, 1.82) is 0 Å². The number of aromatic nitrogens is 2. The summed E-state index contributed by atoms with van der Waals surface area (Å²) >= 11 is 5.29. The Bertz CT molecular complexity index is 761. The third-order valence-corrected chi connectivity index (χ3v) is 3.95. The van der Waals surface area contributed by atoms with Crippen molar-refractivity contribution in [1.82, 2.24) is 4.98 Å². The fourth-order valence-electron chi connectivity index (χ4n) is 2.75. The van der Waals surface area contributed by atoms with E-state index in [9.17, 15) is 0 Å². The van der Waals surface area contributed by atoms with E-state index in [0.29, 0.717) is 0 Å². The normalized spacial score (nSPS) is 10.6. The molecule has 110 valence electrons. The van der Waals surface area contributed by atoms with Crippen LogP contribution in [0.4, 0.5) is 0 Å². The summed E-state index contributed by atoms with van der Waals surface area (Å²) in [5.41, 5.74) is 6.33. The molecule has 0 saturated carbocycles. The van der Waals surface area contributed by atoms with Crippen LogP contribution in [0.3, 0.4) is 0 Å². The summed E-state index contributed by atoms with van der Waals surface area (Å²) in [6, 6.07) is 20.8. The smallest absolute Gasteiger partial charge is 0.240 e. The lowest BCUT2D eigenvalue weighted by molar-refractivity contribution is -0.538. The van der Waals surface area contributed by atoms with Crippen LogP contribution < -0.4 is 4.57 Å². The number of imidazole rings is 1. The highest BCUT2D eigenvalue weighted by Gasteiger charge is 2.25. The summed E-state index contributed by atoms with van der Waals surface area (Å²) in [6.45, 7) is 2.18. The van der Waals surface area contributed by atoms with Crippen LogP contribution in [0.1, 0.15) is 19.2 Å². The Kier molecular flexibility index (Phi) is 4.45. The molecule has 0 radical (unpaired) electrons. The Morgan fingerprint density at radius 2 is 1.55 bits per heavy atom. The van der Waals surface area contributed by atoms with Gasteiger partial charge in [0.15, 0.2) is 16.9 Å². The second-order valence-electron chi connectivity index (χ2n) is 5.25. The van der Waals surface area contributed by atoms with Gasteiger partial charge in [-0.15, -0.1) is 0 Å². The van der Waals surface area contributed by atoms with E-state index in [1.54, 1.807) is 5.49 Å². The first-order chi connectivity index (χ1) is 10.8. The standard InChI is InChI=1S/C19H18N2S/c1-2-9-17-20-18(15-10-5-3-6-11-15)19(21(17)14-22)16-12-7-4-8-13-16/h3-8,10-14H,2,9H2,1H3/p+1. The maximum Gasteiger partial charge on any atom is 0.260 e. The molecule has 0 aliphatic carbocycles. The molecule has 0 fully saturated rings. The van der Waals surface area contributed by atoms with Gasteiger partial charge in [0.2, 0.25) is 0 Å². The molecular weight excluding hydrogens is 288 g/mol. The zero-order valence-electron chi connectivity index (χ0n) is 12.6. The van der Waals surface area contributed by atoms with Crippen molar-refractivity contribution in [3.8, 4) is 22.5 Å². The zero-order chi connectivity index (χ0) is 15.4. The number of aryl methyl sites for hydroxylation is 1. The minimum atomic E-state index is 0.972. The average Bonchev–Trinajstić information content (AvgIpc) is 2.95. The number of aromatic amines is 1. The molecule has 0 bridgehead atoms. The van der Waals surface area contributed by atoms with Gasteiger partial charge >= 0.3 is 0 Å². The first-order valence-electron chi connectivity index (χ1n) is 7.57. The number of rotatable bonds is 5. The highest BCUT2D eigenvalue weighted by atomic mass is 32.1. The minimum Gasteiger partial charge on any atom is -0.240 e. The molecule has 0 atom stereocenters. The first kappa shape index (κ1) is 14.7. The molecule has 2 nitrogen and oxygen atoms in total. The van der Waals surface area contributed by atoms with E-state index in [1.807, 2.05) is 12.1 Å². The average molecular weight is 307 g/mol. The van der Waals surface area contributed by atoms with Gasteiger partial charge in [0.1, 0.15) is 0 Å². The summed E-state index contributed by atoms with van der Waals surface area (Å²) in [5.74, 6) is 1.15. The molecule has 0 amide bonds. The summed E-state index contributed by atoms with van der Waals surface area (Å²) in [7, 11) is 0. The highest BCUT2D eigenvalue weighted by Crippen LogP contribution is 2.28. The SMILES string of the molecule is CCCc1[nH]c(-c2ccccc2)c(-c2ccccc2)[n+]1C=S. The maximum absolute atomic E-state index is 5.29. The van der Waals surface area contributed by atoms with Crippen molar-refractivity contribution in [2.24, 2.45) is 0 Å². The molecule has 1 aromatic heterocycles. The molecule has 0 saturated heterocycles. The van der Waals surface area contributed by atoms with Gasteiger partial charge in [-0.1, -0.05) is 67.6 Å². The quantitative estimate of drug-likeness (QED) is 0.547. The number of hydrogen-bond donors (Lipinski definition) is 1. The summed E-state index contributed by atoms with van der Waals surface area (Å²) in [6.07, 6.45) is 2.05. The van der Waals surface area contributed by atoms with E-state index in [2.05, 4.69) is 65.0 Å². The largest absolute Gasteiger partial charge is 0.260 e. The van der Waals surface area contributed by atoms with Crippen molar-refractivity contribution in [3.05, 3.63) is 66.5 Å². The fourth-order valence-corrected chi connectivity index (χ4v) is 2.98. The van der Waals surface area contributed by atoms with Gasteiger partial charge in [0.25, 0.3) is 5.82 Å². The minimum absolute atomic E-state index is 0.972. The Morgan fingerprint density at radius 3 is 2.09 bits per heavy atom. The number of nitrogens with zero attached hydrogens (tertiary/aromatic N) is 1. The number of H-pyrrole nitrogens is 1. The van der Waals surface area contributed by atoms with Gasteiger partial charge in [-0.25, -0.2) is 4.98 Å². The Balaban J connectivity index is 2.27. The van der Waals surface area contributed by atoms with Crippen LogP contribution in [-0.2, 0) is 6.42 Å². The second-order valence-corrected chi connectivity index (χ2v) is 5.46. The van der Waals surface area contributed by atoms with Gasteiger partial charge in [-0.05, 0) is 18.6 Å². The van der Waals surface area contributed by atoms with Crippen molar-refractivity contribution in [2.75, 3.05) is 0 Å². The molecule has 3 rings (SSSR count). The lowest BCUT2D eigenvalue weighted by Gasteiger charge is -2.01. The molecular formula is C19H19N2S+. The molecule has 3 heteroatoms. The van der Waals surface area contributed by atoms with E-state index >= 15 is 0 Å². The molecule has 0 unspecified atom stereocenters. The van der Waals surface area contributed by atoms with Crippen molar-refractivity contribution in [2.45, 2.75) is 19.8 Å². The van der Waals surface area contributed by atoms with Crippen LogP contribution in [-0.4, -0.2) is 10.5 Å². The number of hydrogen-bond acceptors (Lipinski definition) is 1. The van der Waals surface area contributed by atoms with Gasteiger partial charge in [0.05, 0.1) is 0 Å². The van der Waals surface area contributed by atoms with Crippen LogP contribution in [0.15, 0.2) is 60.7 Å². The van der Waals surface area contributed by atoms with Crippen LogP contribution >= 0.6 is 12.2 Å². The van der Waals surface area contributed by atoms with Crippen LogP contribution in [0.25, 0.3) is 22.5 Å². The third kappa shape index (κ3) is 2.72. The predicted molar refractivity (Wildman–Crippen MR) is 94.9 cm³/mol. The first-order valence-corrected chi connectivity index (χ1v) is 8.04. The summed E-state index contributed by atoms with van der Waals surface area (Å²) in [4.78, 5) is 3.58. The second kappa shape index (κ2) is 6.67. The Morgan fingerprint density at radius 1 is 0.955 bits per heavy atom. The Hall–Kier alpha value is -2.26. The lowest BCUT2D eigenvalue weighted by Crippen LogP contribution is -2.37. The van der Waals surface area contributed by atoms with Crippen molar-refractivity contribution in [3.63, 3.8) is 0 Å². The molecule has 1 N–H and O–H groups in total. The van der Waals surface area contributed by atoms with E-state index in [1.165, 1.54) is 11.1 Å². The van der Waals surface area contributed by atoms with E-state index in [0.717, 1.165) is 30.1 Å². The molecule has 0 spiro atoms. The van der Waals surface area contributed by atoms with Crippen molar-refractivity contribution >= 4 is 17.7 Å². The zero-order valence-corrected chi connectivity index (χ0v) is 13.4. The number of nitrogens with one attached hydrogen (secondary N) is 1. The van der Waals surface area contributed by atoms with E-state index in [4.69, 9.17) is 12.2 Å². The highest BCUT2D eigenvalue weighted by molar-refractivity contribution is 7.78. The monoisotopic (exact) mass is 307 g/mol. The lowest BCUT2D eigenvalue weighted by atomic mass is 10.1. The molecule has 1 heterocycles. The fraction of sp³-hybridized carbons (Fsp3) is 0.158. The van der Waals surface area contributed by atoms with Crippen LogP contribution in [0, 0.1) is 0 Å². The predicted octanol–water partition coefficient (Wildman–Crippen LogP) is 4.39. The molecule has 22 heavy (non-hydrogen) atoms. The molecule has 0 aliphatic rings. The topological polar surface area (TPSA) is 19.7 Å². The van der Waals surface area contributed by atoms with Gasteiger partial charge < -0.3 is 0 Å². The van der Waals surface area contributed by atoms with Crippen LogP contribution in [0.5, 0.6) is 0 Å². The maximum atomic E-state index is 5.29.